The first-order chi connectivity index (χ1) is 7.33. The molecule has 0 atom stereocenters. The molecule has 15 heavy (non-hydrogen) atoms. The predicted octanol–water partition coefficient (Wildman–Crippen LogP) is 0.745. The zero-order valence-electron chi connectivity index (χ0n) is 8.18. The molecule has 0 unspecified atom stereocenters. The fraction of sp³-hybridized carbons (Fsp3) is 0.300. The second-order valence-electron chi connectivity index (χ2n) is 3.21. The number of anilines is 1. The Labute approximate surface area is 87.3 Å². The van der Waals surface area contributed by atoms with Crippen molar-refractivity contribution in [3.05, 3.63) is 29.8 Å². The van der Waals surface area contributed by atoms with Crippen LogP contribution in [0.15, 0.2) is 24.3 Å². The summed E-state index contributed by atoms with van der Waals surface area (Å²) in [7, 11) is 0. The lowest BCUT2D eigenvalue weighted by Crippen LogP contribution is -2.23. The molecule has 5 nitrogen and oxygen atoms in total. The highest BCUT2D eigenvalue weighted by Gasteiger charge is 2.25. The minimum atomic E-state index is -0.0422. The van der Waals surface area contributed by atoms with Gasteiger partial charge in [-0.25, -0.2) is 5.90 Å². The van der Waals surface area contributed by atoms with Crippen molar-refractivity contribution >= 4 is 11.6 Å². The molecule has 2 N–H and O–H groups in total. The van der Waals surface area contributed by atoms with Gasteiger partial charge in [0.1, 0.15) is 0 Å². The fourth-order valence-electron chi connectivity index (χ4n) is 1.52. The van der Waals surface area contributed by atoms with Crippen molar-refractivity contribution in [1.82, 2.24) is 0 Å². The lowest BCUT2D eigenvalue weighted by molar-refractivity contribution is -0.119. The van der Waals surface area contributed by atoms with Crippen molar-refractivity contribution in [2.24, 2.45) is 5.90 Å². The van der Waals surface area contributed by atoms with Crippen LogP contribution >= 0.6 is 0 Å². The smallest absolute Gasteiger partial charge is 0.253 e. The van der Waals surface area contributed by atoms with Crippen LogP contribution in [0.2, 0.25) is 0 Å². The minimum absolute atomic E-state index is 0.0422. The standard InChI is InChI=1S/C10H12N2O3/c11-14-7-8-3-1-2-4-9(8)12-10(13)5-6-15-12/h1-4H,5-7,11H2. The van der Waals surface area contributed by atoms with Gasteiger partial charge in [-0.1, -0.05) is 18.2 Å². The summed E-state index contributed by atoms with van der Waals surface area (Å²) in [6, 6.07) is 7.34. The molecule has 2 rings (SSSR count). The van der Waals surface area contributed by atoms with E-state index >= 15 is 0 Å². The van der Waals surface area contributed by atoms with Crippen molar-refractivity contribution in [3.8, 4) is 0 Å². The van der Waals surface area contributed by atoms with Crippen LogP contribution in [0.5, 0.6) is 0 Å². The number of para-hydroxylation sites is 1. The molecular weight excluding hydrogens is 196 g/mol. The fourth-order valence-corrected chi connectivity index (χ4v) is 1.52. The van der Waals surface area contributed by atoms with Crippen LogP contribution in [-0.4, -0.2) is 12.5 Å². The maximum Gasteiger partial charge on any atom is 0.253 e. The Morgan fingerprint density at radius 2 is 2.27 bits per heavy atom. The van der Waals surface area contributed by atoms with E-state index in [1.807, 2.05) is 18.2 Å². The number of benzene rings is 1. The van der Waals surface area contributed by atoms with E-state index < -0.39 is 0 Å². The number of hydroxylamine groups is 1. The third kappa shape index (κ3) is 1.99. The Balaban J connectivity index is 2.29. The number of nitrogens with zero attached hydrogens (tertiary/aromatic N) is 1. The summed E-state index contributed by atoms with van der Waals surface area (Å²) in [6.07, 6.45) is 0.415. The number of amides is 1. The average molecular weight is 208 g/mol. The molecule has 1 aromatic rings. The second-order valence-corrected chi connectivity index (χ2v) is 3.21. The summed E-state index contributed by atoms with van der Waals surface area (Å²) < 4.78 is 0. The summed E-state index contributed by atoms with van der Waals surface area (Å²) in [5.74, 6) is 4.98. The first-order valence-electron chi connectivity index (χ1n) is 4.68. The molecule has 1 saturated heterocycles. The van der Waals surface area contributed by atoms with Gasteiger partial charge >= 0.3 is 0 Å². The Morgan fingerprint density at radius 1 is 1.47 bits per heavy atom. The molecule has 1 heterocycles. The van der Waals surface area contributed by atoms with E-state index in [9.17, 15) is 4.79 Å². The van der Waals surface area contributed by atoms with E-state index in [1.165, 1.54) is 5.06 Å². The van der Waals surface area contributed by atoms with Gasteiger partial charge < -0.3 is 0 Å². The molecule has 1 aromatic carbocycles. The van der Waals surface area contributed by atoms with E-state index in [1.54, 1.807) is 6.07 Å². The minimum Gasteiger partial charge on any atom is -0.300 e. The predicted molar refractivity (Wildman–Crippen MR) is 53.5 cm³/mol. The van der Waals surface area contributed by atoms with Gasteiger partial charge in [-0.15, -0.1) is 0 Å². The van der Waals surface area contributed by atoms with Crippen molar-refractivity contribution in [2.45, 2.75) is 13.0 Å². The highest BCUT2D eigenvalue weighted by atomic mass is 16.7. The average Bonchev–Trinajstić information content (AvgIpc) is 2.66. The van der Waals surface area contributed by atoms with Gasteiger partial charge in [-0.3, -0.25) is 14.5 Å². The molecule has 0 saturated carbocycles. The van der Waals surface area contributed by atoms with Crippen LogP contribution in [0.3, 0.4) is 0 Å². The van der Waals surface area contributed by atoms with Crippen LogP contribution in [0.25, 0.3) is 0 Å². The molecule has 1 aliphatic heterocycles. The Bertz CT molecular complexity index is 367. The monoisotopic (exact) mass is 208 g/mol. The summed E-state index contributed by atoms with van der Waals surface area (Å²) in [5.41, 5.74) is 1.53. The van der Waals surface area contributed by atoms with Gasteiger partial charge in [0.15, 0.2) is 0 Å². The Kier molecular flexibility index (Phi) is 2.96. The lowest BCUT2D eigenvalue weighted by Gasteiger charge is -2.17. The lowest BCUT2D eigenvalue weighted by atomic mass is 10.2. The summed E-state index contributed by atoms with van der Waals surface area (Å²) in [4.78, 5) is 21.3. The molecule has 1 amide bonds. The first-order valence-corrected chi connectivity index (χ1v) is 4.68. The quantitative estimate of drug-likeness (QED) is 0.744. The molecule has 0 spiro atoms. The zero-order chi connectivity index (χ0) is 10.7. The largest absolute Gasteiger partial charge is 0.300 e. The van der Waals surface area contributed by atoms with Crippen molar-refractivity contribution in [1.29, 1.82) is 0 Å². The van der Waals surface area contributed by atoms with Crippen LogP contribution in [-0.2, 0) is 21.1 Å². The maximum atomic E-state index is 11.5. The molecule has 0 radical (unpaired) electrons. The second kappa shape index (κ2) is 4.39. The van der Waals surface area contributed by atoms with Gasteiger partial charge in [-0.2, -0.15) is 5.06 Å². The normalized spacial score (nSPS) is 16.1. The molecule has 1 aliphatic rings. The maximum absolute atomic E-state index is 11.5. The topological polar surface area (TPSA) is 64.8 Å². The molecule has 80 valence electrons. The molecule has 5 heteroatoms. The van der Waals surface area contributed by atoms with Gasteiger partial charge in [-0.05, 0) is 6.07 Å². The molecular formula is C10H12N2O3. The van der Waals surface area contributed by atoms with Crippen LogP contribution in [0, 0.1) is 0 Å². The molecule has 1 fully saturated rings. The summed E-state index contributed by atoms with van der Waals surface area (Å²) in [5, 5.41) is 1.30. The van der Waals surface area contributed by atoms with Gasteiger partial charge in [0.25, 0.3) is 5.91 Å². The van der Waals surface area contributed by atoms with E-state index in [2.05, 4.69) is 4.84 Å². The van der Waals surface area contributed by atoms with Gasteiger partial charge in [0, 0.05) is 5.56 Å². The van der Waals surface area contributed by atoms with Crippen molar-refractivity contribution in [2.75, 3.05) is 11.7 Å². The van der Waals surface area contributed by atoms with Gasteiger partial charge in [0.2, 0.25) is 0 Å². The number of hydrogen-bond donors (Lipinski definition) is 1. The first kappa shape index (κ1) is 10.1. The summed E-state index contributed by atoms with van der Waals surface area (Å²) >= 11 is 0. The molecule has 0 aromatic heterocycles. The van der Waals surface area contributed by atoms with Crippen LogP contribution in [0.4, 0.5) is 5.69 Å². The third-order valence-electron chi connectivity index (χ3n) is 2.21. The number of carbonyl (C=O) groups is 1. The molecule has 0 bridgehead atoms. The Morgan fingerprint density at radius 3 is 2.93 bits per heavy atom. The van der Waals surface area contributed by atoms with E-state index in [0.717, 1.165) is 5.56 Å². The number of hydrogen-bond acceptors (Lipinski definition) is 4. The zero-order valence-corrected chi connectivity index (χ0v) is 8.18. The summed E-state index contributed by atoms with van der Waals surface area (Å²) in [6.45, 7) is 0.681. The third-order valence-corrected chi connectivity index (χ3v) is 2.21. The Hall–Kier alpha value is -1.43. The van der Waals surface area contributed by atoms with E-state index in [0.29, 0.717) is 18.7 Å². The number of rotatable bonds is 3. The number of nitrogens with two attached hydrogens (primary N) is 1. The van der Waals surface area contributed by atoms with Crippen LogP contribution in [0.1, 0.15) is 12.0 Å². The van der Waals surface area contributed by atoms with Crippen LogP contribution < -0.4 is 11.0 Å². The highest BCUT2D eigenvalue weighted by molar-refractivity contribution is 5.93. The highest BCUT2D eigenvalue weighted by Crippen LogP contribution is 2.24. The van der Waals surface area contributed by atoms with E-state index in [-0.39, 0.29) is 12.5 Å². The van der Waals surface area contributed by atoms with Crippen molar-refractivity contribution in [3.63, 3.8) is 0 Å². The molecule has 0 aliphatic carbocycles. The number of carbonyl (C=O) groups excluding carboxylic acids is 1. The van der Waals surface area contributed by atoms with E-state index in [4.69, 9.17) is 10.7 Å². The van der Waals surface area contributed by atoms with Gasteiger partial charge in [0.05, 0.1) is 25.3 Å². The SMILES string of the molecule is NOCc1ccccc1N1OCCC1=O. The van der Waals surface area contributed by atoms with Crippen molar-refractivity contribution < 1.29 is 14.5 Å².